The number of rotatable bonds is 6. The summed E-state index contributed by atoms with van der Waals surface area (Å²) in [5, 5.41) is 3.19. The van der Waals surface area contributed by atoms with E-state index in [0.717, 1.165) is 36.1 Å². The highest BCUT2D eigenvalue weighted by atomic mass is 32.1. The van der Waals surface area contributed by atoms with Crippen LogP contribution in [-0.2, 0) is 31.9 Å². The van der Waals surface area contributed by atoms with Gasteiger partial charge >= 0.3 is 11.9 Å². The van der Waals surface area contributed by atoms with Gasteiger partial charge in [0.25, 0.3) is 5.91 Å². The average Bonchev–Trinajstić information content (AvgIpc) is 2.89. The molecule has 7 heteroatoms. The van der Waals surface area contributed by atoms with Crippen molar-refractivity contribution < 1.29 is 23.9 Å². The predicted octanol–water partition coefficient (Wildman–Crippen LogP) is 2.94. The molecule has 1 aliphatic carbocycles. The van der Waals surface area contributed by atoms with E-state index < -0.39 is 17.8 Å². The summed E-state index contributed by atoms with van der Waals surface area (Å²) in [5.41, 5.74) is 1.45. The fourth-order valence-corrected chi connectivity index (χ4v) is 4.21. The molecule has 24 heavy (non-hydrogen) atoms. The lowest BCUT2D eigenvalue weighted by Gasteiger charge is -2.20. The molecule has 1 aromatic rings. The van der Waals surface area contributed by atoms with E-state index in [9.17, 15) is 14.4 Å². The third-order valence-electron chi connectivity index (χ3n) is 4.08. The highest BCUT2D eigenvalue weighted by Crippen LogP contribution is 2.40. The molecule has 0 fully saturated rings. The van der Waals surface area contributed by atoms with E-state index in [1.807, 2.05) is 0 Å². The standard InChI is InChI=1S/C17H23NO5S/c1-4-11-6-7-12-13(8-11)24-16(15(12)17(21)22-5-2)18-14(20)9-23-10(3)19/h11H,4-9H2,1-3H3,(H,18,20)/t11-/m1/s1. The molecular weight excluding hydrogens is 330 g/mol. The lowest BCUT2D eigenvalue weighted by atomic mass is 9.85. The Balaban J connectivity index is 2.25. The first-order valence-corrected chi connectivity index (χ1v) is 9.02. The highest BCUT2D eigenvalue weighted by molar-refractivity contribution is 7.17. The summed E-state index contributed by atoms with van der Waals surface area (Å²) in [4.78, 5) is 36.2. The van der Waals surface area contributed by atoms with Crippen molar-refractivity contribution in [3.05, 3.63) is 16.0 Å². The van der Waals surface area contributed by atoms with Gasteiger partial charge in [0, 0.05) is 11.8 Å². The van der Waals surface area contributed by atoms with Crippen LogP contribution in [0.4, 0.5) is 5.00 Å². The number of nitrogens with one attached hydrogen (secondary N) is 1. The summed E-state index contributed by atoms with van der Waals surface area (Å²) in [5.74, 6) is -0.781. The summed E-state index contributed by atoms with van der Waals surface area (Å²) >= 11 is 1.42. The van der Waals surface area contributed by atoms with E-state index in [4.69, 9.17) is 9.47 Å². The van der Waals surface area contributed by atoms with E-state index in [0.29, 0.717) is 16.5 Å². The van der Waals surface area contributed by atoms with Crippen LogP contribution < -0.4 is 5.32 Å². The average molecular weight is 353 g/mol. The zero-order chi connectivity index (χ0) is 17.7. The molecule has 1 aliphatic rings. The maximum Gasteiger partial charge on any atom is 0.341 e. The Morgan fingerprint density at radius 1 is 1.25 bits per heavy atom. The lowest BCUT2D eigenvalue weighted by Crippen LogP contribution is -2.21. The molecule has 1 aromatic heterocycles. The summed E-state index contributed by atoms with van der Waals surface area (Å²) in [7, 11) is 0. The van der Waals surface area contributed by atoms with Gasteiger partial charge in [-0.05, 0) is 37.7 Å². The number of fused-ring (bicyclic) bond motifs is 1. The first kappa shape index (κ1) is 18.4. The third-order valence-corrected chi connectivity index (χ3v) is 5.25. The van der Waals surface area contributed by atoms with Gasteiger partial charge in [-0.2, -0.15) is 0 Å². The number of carbonyl (C=O) groups excluding carboxylic acids is 3. The Hall–Kier alpha value is -1.89. The van der Waals surface area contributed by atoms with Crippen LogP contribution in [-0.4, -0.2) is 31.1 Å². The summed E-state index contributed by atoms with van der Waals surface area (Å²) in [6, 6.07) is 0. The number of carbonyl (C=O) groups is 3. The molecule has 0 spiro atoms. The van der Waals surface area contributed by atoms with Crippen LogP contribution in [0.1, 0.15) is 54.4 Å². The number of amides is 1. The Morgan fingerprint density at radius 2 is 2.00 bits per heavy atom. The van der Waals surface area contributed by atoms with Crippen LogP contribution in [0.3, 0.4) is 0 Å². The van der Waals surface area contributed by atoms with Crippen molar-refractivity contribution in [2.24, 2.45) is 5.92 Å². The summed E-state index contributed by atoms with van der Waals surface area (Å²) < 4.78 is 9.85. The molecule has 1 amide bonds. The molecule has 1 heterocycles. The first-order valence-electron chi connectivity index (χ1n) is 8.21. The molecule has 132 valence electrons. The Labute approximate surface area is 145 Å². The summed E-state index contributed by atoms with van der Waals surface area (Å²) in [6.07, 6.45) is 3.87. The fraction of sp³-hybridized carbons (Fsp3) is 0.588. The minimum absolute atomic E-state index is 0.280. The van der Waals surface area contributed by atoms with Crippen molar-refractivity contribution in [3.8, 4) is 0 Å². The van der Waals surface area contributed by atoms with Crippen molar-refractivity contribution in [3.63, 3.8) is 0 Å². The van der Waals surface area contributed by atoms with Crippen LogP contribution in [0.2, 0.25) is 0 Å². The van der Waals surface area contributed by atoms with Crippen LogP contribution in [0, 0.1) is 5.92 Å². The van der Waals surface area contributed by atoms with E-state index in [1.54, 1.807) is 6.92 Å². The SMILES string of the molecule is CCOC(=O)c1c(NC(=O)COC(C)=O)sc2c1CC[C@@H](CC)C2. The fourth-order valence-electron chi connectivity index (χ4n) is 2.84. The maximum absolute atomic E-state index is 12.3. The molecule has 2 rings (SSSR count). The van der Waals surface area contributed by atoms with Crippen molar-refractivity contribution in [1.29, 1.82) is 0 Å². The van der Waals surface area contributed by atoms with Crippen molar-refractivity contribution in [1.82, 2.24) is 0 Å². The number of esters is 2. The van der Waals surface area contributed by atoms with Crippen LogP contribution >= 0.6 is 11.3 Å². The second kappa shape index (κ2) is 8.28. The maximum atomic E-state index is 12.3. The Bertz CT molecular complexity index is 637. The quantitative estimate of drug-likeness (QED) is 0.795. The van der Waals surface area contributed by atoms with Crippen molar-refractivity contribution >= 4 is 34.2 Å². The minimum Gasteiger partial charge on any atom is -0.462 e. The molecule has 1 atom stereocenters. The Morgan fingerprint density at radius 3 is 2.62 bits per heavy atom. The predicted molar refractivity (Wildman–Crippen MR) is 91.3 cm³/mol. The molecule has 0 radical (unpaired) electrons. The van der Waals surface area contributed by atoms with Crippen LogP contribution in [0.25, 0.3) is 0 Å². The molecule has 0 bridgehead atoms. The van der Waals surface area contributed by atoms with Crippen molar-refractivity contribution in [2.75, 3.05) is 18.5 Å². The summed E-state index contributed by atoms with van der Waals surface area (Å²) in [6.45, 7) is 5.08. The normalized spacial score (nSPS) is 16.2. The molecule has 0 saturated carbocycles. The number of hydrogen-bond acceptors (Lipinski definition) is 6. The van der Waals surface area contributed by atoms with E-state index >= 15 is 0 Å². The minimum atomic E-state index is -0.521. The molecule has 0 aliphatic heterocycles. The van der Waals surface area contributed by atoms with E-state index in [2.05, 4.69) is 12.2 Å². The van der Waals surface area contributed by atoms with Gasteiger partial charge in [-0.15, -0.1) is 11.3 Å². The van der Waals surface area contributed by atoms with E-state index in [1.165, 1.54) is 18.3 Å². The first-order chi connectivity index (χ1) is 11.5. The van der Waals surface area contributed by atoms with E-state index in [-0.39, 0.29) is 13.2 Å². The monoisotopic (exact) mass is 353 g/mol. The lowest BCUT2D eigenvalue weighted by molar-refractivity contribution is -0.144. The Kier molecular flexibility index (Phi) is 6.36. The molecular formula is C17H23NO5S. The smallest absolute Gasteiger partial charge is 0.341 e. The van der Waals surface area contributed by atoms with Gasteiger partial charge in [0.05, 0.1) is 12.2 Å². The van der Waals surface area contributed by atoms with Gasteiger partial charge < -0.3 is 14.8 Å². The molecule has 6 nitrogen and oxygen atoms in total. The zero-order valence-electron chi connectivity index (χ0n) is 14.3. The number of anilines is 1. The van der Waals surface area contributed by atoms with Crippen LogP contribution in [0.15, 0.2) is 0 Å². The number of hydrogen-bond donors (Lipinski definition) is 1. The number of ether oxygens (including phenoxy) is 2. The number of thiophene rings is 1. The third kappa shape index (κ3) is 4.35. The molecule has 1 N–H and O–H groups in total. The van der Waals surface area contributed by atoms with Gasteiger partial charge in [0.2, 0.25) is 0 Å². The second-order valence-corrected chi connectivity index (χ2v) is 6.88. The van der Waals surface area contributed by atoms with Gasteiger partial charge in [-0.25, -0.2) is 4.79 Å². The van der Waals surface area contributed by atoms with Gasteiger partial charge in [0.1, 0.15) is 5.00 Å². The van der Waals surface area contributed by atoms with Gasteiger partial charge in [0.15, 0.2) is 6.61 Å². The molecule has 0 saturated heterocycles. The largest absolute Gasteiger partial charge is 0.462 e. The van der Waals surface area contributed by atoms with Gasteiger partial charge in [-0.1, -0.05) is 13.3 Å². The topological polar surface area (TPSA) is 81.7 Å². The van der Waals surface area contributed by atoms with Gasteiger partial charge in [-0.3, -0.25) is 9.59 Å². The molecule has 0 aromatic carbocycles. The highest BCUT2D eigenvalue weighted by Gasteiger charge is 2.29. The van der Waals surface area contributed by atoms with Crippen molar-refractivity contribution in [2.45, 2.75) is 46.5 Å². The molecule has 0 unspecified atom stereocenters. The second-order valence-electron chi connectivity index (χ2n) is 5.77. The van der Waals surface area contributed by atoms with Crippen LogP contribution in [0.5, 0.6) is 0 Å². The zero-order valence-corrected chi connectivity index (χ0v) is 15.1.